The van der Waals surface area contributed by atoms with Gasteiger partial charge < -0.3 is 5.32 Å². The standard InChI is InChI=1S/C21H18ClF4N5O3S/c22-19-13(12-30(29-19)15-5-8-18(27-11-15)21(24,25)26)10-28-20(32)17-2-1-9-31(17)35(33,34)16-6-3-14(23)4-7-16/h3-8,11-12,17H,1-2,9-10H2,(H,28,32)/t17-/m0/s1. The van der Waals surface area contributed by atoms with Crippen LogP contribution in [0.2, 0.25) is 5.15 Å². The topological polar surface area (TPSA) is 97.2 Å². The maximum atomic E-state index is 13.2. The number of hydrogen-bond acceptors (Lipinski definition) is 5. The number of hydrogen-bond donors (Lipinski definition) is 1. The van der Waals surface area contributed by atoms with Gasteiger partial charge in [-0.3, -0.25) is 4.79 Å². The van der Waals surface area contributed by atoms with Gasteiger partial charge in [-0.15, -0.1) is 0 Å². The lowest BCUT2D eigenvalue weighted by Gasteiger charge is -2.23. The minimum atomic E-state index is -4.58. The van der Waals surface area contributed by atoms with Crippen molar-refractivity contribution >= 4 is 27.5 Å². The van der Waals surface area contributed by atoms with Crippen LogP contribution in [0.25, 0.3) is 5.69 Å². The van der Waals surface area contributed by atoms with Crippen molar-refractivity contribution in [1.29, 1.82) is 0 Å². The monoisotopic (exact) mass is 531 g/mol. The molecular formula is C21H18ClF4N5O3S. The van der Waals surface area contributed by atoms with Crippen molar-refractivity contribution in [2.75, 3.05) is 6.54 Å². The quantitative estimate of drug-likeness (QED) is 0.491. The molecule has 0 spiro atoms. The van der Waals surface area contributed by atoms with Gasteiger partial charge in [0.2, 0.25) is 15.9 Å². The number of nitrogens with one attached hydrogen (secondary N) is 1. The van der Waals surface area contributed by atoms with Gasteiger partial charge in [0, 0.05) is 24.8 Å². The molecule has 0 saturated carbocycles. The van der Waals surface area contributed by atoms with Gasteiger partial charge in [0.05, 0.1) is 16.8 Å². The van der Waals surface area contributed by atoms with E-state index < -0.39 is 39.7 Å². The highest BCUT2D eigenvalue weighted by Gasteiger charge is 2.39. The molecule has 2 aromatic heterocycles. The molecule has 186 valence electrons. The van der Waals surface area contributed by atoms with E-state index in [-0.39, 0.29) is 28.8 Å². The summed E-state index contributed by atoms with van der Waals surface area (Å²) in [5.74, 6) is -1.13. The summed E-state index contributed by atoms with van der Waals surface area (Å²) in [4.78, 5) is 16.1. The Balaban J connectivity index is 1.45. The summed E-state index contributed by atoms with van der Waals surface area (Å²) in [6.45, 7) is 0.0457. The van der Waals surface area contributed by atoms with Gasteiger partial charge in [0.15, 0.2) is 5.15 Å². The highest BCUT2D eigenvalue weighted by molar-refractivity contribution is 7.89. The van der Waals surface area contributed by atoms with Crippen molar-refractivity contribution in [1.82, 2.24) is 24.4 Å². The van der Waals surface area contributed by atoms with Gasteiger partial charge >= 0.3 is 6.18 Å². The van der Waals surface area contributed by atoms with Crippen molar-refractivity contribution in [3.8, 4) is 5.69 Å². The van der Waals surface area contributed by atoms with Crippen molar-refractivity contribution in [2.45, 2.75) is 36.5 Å². The van der Waals surface area contributed by atoms with E-state index in [1.807, 2.05) is 0 Å². The number of sulfonamides is 1. The van der Waals surface area contributed by atoms with Crippen LogP contribution in [-0.4, -0.2) is 46.0 Å². The average molecular weight is 532 g/mol. The van der Waals surface area contributed by atoms with Crippen LogP contribution in [0, 0.1) is 5.82 Å². The third kappa shape index (κ3) is 5.31. The van der Waals surface area contributed by atoms with E-state index in [9.17, 15) is 30.8 Å². The van der Waals surface area contributed by atoms with Gasteiger partial charge in [-0.25, -0.2) is 22.5 Å². The van der Waals surface area contributed by atoms with Gasteiger partial charge in [-0.05, 0) is 49.2 Å². The minimum absolute atomic E-state index is 0.00686. The van der Waals surface area contributed by atoms with Crippen LogP contribution >= 0.6 is 11.6 Å². The lowest BCUT2D eigenvalue weighted by Crippen LogP contribution is -2.45. The summed E-state index contributed by atoms with van der Waals surface area (Å²) >= 11 is 6.12. The Morgan fingerprint density at radius 2 is 1.89 bits per heavy atom. The van der Waals surface area contributed by atoms with Gasteiger partial charge in [-0.2, -0.15) is 22.6 Å². The molecule has 3 aromatic rings. The van der Waals surface area contributed by atoms with E-state index in [0.29, 0.717) is 18.4 Å². The number of rotatable bonds is 6. The van der Waals surface area contributed by atoms with Crippen LogP contribution < -0.4 is 5.32 Å². The molecule has 1 aliphatic heterocycles. The summed E-state index contributed by atoms with van der Waals surface area (Å²) in [5, 5.41) is 6.66. The van der Waals surface area contributed by atoms with Crippen LogP contribution in [0.3, 0.4) is 0 Å². The number of alkyl halides is 3. The Morgan fingerprint density at radius 3 is 2.51 bits per heavy atom. The molecule has 1 atom stereocenters. The zero-order valence-electron chi connectivity index (χ0n) is 17.8. The largest absolute Gasteiger partial charge is 0.433 e. The van der Waals surface area contributed by atoms with Gasteiger partial charge in [-0.1, -0.05) is 11.6 Å². The summed E-state index contributed by atoms with van der Waals surface area (Å²) in [7, 11) is -4.01. The Hall–Kier alpha value is -3.03. The Labute approximate surface area is 202 Å². The highest BCUT2D eigenvalue weighted by Crippen LogP contribution is 2.28. The van der Waals surface area contributed by atoms with Crippen LogP contribution in [-0.2, 0) is 27.5 Å². The first-order valence-corrected chi connectivity index (χ1v) is 12.1. The lowest BCUT2D eigenvalue weighted by atomic mass is 10.2. The molecule has 3 heterocycles. The predicted octanol–water partition coefficient (Wildman–Crippen LogP) is 3.55. The summed E-state index contributed by atoms with van der Waals surface area (Å²) in [6, 6.07) is 5.37. The number of amides is 1. The molecule has 1 aromatic carbocycles. The van der Waals surface area contributed by atoms with Gasteiger partial charge in [0.25, 0.3) is 0 Å². The van der Waals surface area contributed by atoms with E-state index in [1.54, 1.807) is 0 Å². The highest BCUT2D eigenvalue weighted by atomic mass is 35.5. The van der Waals surface area contributed by atoms with E-state index in [4.69, 9.17) is 11.6 Å². The first-order chi connectivity index (χ1) is 16.5. The molecule has 1 amide bonds. The normalized spacial score (nSPS) is 17.0. The van der Waals surface area contributed by atoms with Crippen LogP contribution in [0.5, 0.6) is 0 Å². The maximum absolute atomic E-state index is 13.2. The number of carbonyl (C=O) groups is 1. The zero-order valence-corrected chi connectivity index (χ0v) is 19.4. The maximum Gasteiger partial charge on any atom is 0.433 e. The number of pyridine rings is 1. The Bertz CT molecular complexity index is 1330. The van der Waals surface area contributed by atoms with E-state index >= 15 is 0 Å². The SMILES string of the molecule is O=C(NCc1cn(-c2ccc(C(F)(F)F)nc2)nc1Cl)[C@@H]1CCCN1S(=O)(=O)c1ccc(F)cc1. The van der Waals surface area contributed by atoms with Gasteiger partial charge in [0.1, 0.15) is 17.6 Å². The molecule has 1 saturated heterocycles. The fourth-order valence-electron chi connectivity index (χ4n) is 3.66. The second-order valence-corrected chi connectivity index (χ2v) is 9.98. The molecule has 1 N–H and O–H groups in total. The third-order valence-corrected chi connectivity index (χ3v) is 7.66. The van der Waals surface area contributed by atoms with Crippen molar-refractivity contribution < 1.29 is 30.8 Å². The first-order valence-electron chi connectivity index (χ1n) is 10.3. The molecule has 1 aliphatic rings. The van der Waals surface area contributed by atoms with Crippen LogP contribution in [0.4, 0.5) is 17.6 Å². The summed E-state index contributed by atoms with van der Waals surface area (Å²) in [5.41, 5.74) is -0.459. The van der Waals surface area contributed by atoms with E-state index in [1.165, 1.54) is 16.9 Å². The van der Waals surface area contributed by atoms with Crippen molar-refractivity contribution in [3.63, 3.8) is 0 Å². The fourth-order valence-corrected chi connectivity index (χ4v) is 5.51. The molecule has 0 aliphatic carbocycles. The van der Waals surface area contributed by atoms with Crippen LogP contribution in [0.15, 0.2) is 53.7 Å². The zero-order chi connectivity index (χ0) is 25.4. The lowest BCUT2D eigenvalue weighted by molar-refractivity contribution is -0.141. The number of benzene rings is 1. The van der Waals surface area contributed by atoms with E-state index in [2.05, 4.69) is 15.4 Å². The smallest absolute Gasteiger partial charge is 0.350 e. The Morgan fingerprint density at radius 1 is 1.17 bits per heavy atom. The summed E-state index contributed by atoms with van der Waals surface area (Å²) < 4.78 is 79.5. The third-order valence-electron chi connectivity index (χ3n) is 5.42. The van der Waals surface area contributed by atoms with E-state index in [0.717, 1.165) is 40.8 Å². The second kappa shape index (κ2) is 9.55. The number of halogens is 5. The molecule has 35 heavy (non-hydrogen) atoms. The molecule has 0 bridgehead atoms. The van der Waals surface area contributed by atoms with Crippen LogP contribution in [0.1, 0.15) is 24.1 Å². The number of carbonyl (C=O) groups excluding carboxylic acids is 1. The second-order valence-electron chi connectivity index (χ2n) is 7.73. The Kier molecular flexibility index (Phi) is 6.84. The van der Waals surface area contributed by atoms with Crippen molar-refractivity contribution in [3.05, 3.63) is 71.0 Å². The molecule has 0 radical (unpaired) electrons. The average Bonchev–Trinajstić information content (AvgIpc) is 3.45. The molecular weight excluding hydrogens is 514 g/mol. The first kappa shape index (κ1) is 25.1. The van der Waals surface area contributed by atoms with Crippen molar-refractivity contribution in [2.24, 2.45) is 0 Å². The molecule has 4 rings (SSSR count). The minimum Gasteiger partial charge on any atom is -0.350 e. The molecule has 14 heteroatoms. The molecule has 0 unspecified atom stereocenters. The number of nitrogens with zero attached hydrogens (tertiary/aromatic N) is 4. The summed E-state index contributed by atoms with van der Waals surface area (Å²) in [6.07, 6.45) is -1.39. The predicted molar refractivity (Wildman–Crippen MR) is 117 cm³/mol. The molecule has 1 fully saturated rings. The number of aromatic nitrogens is 3. The fraction of sp³-hybridized carbons (Fsp3) is 0.286. The molecule has 8 nitrogen and oxygen atoms in total.